The predicted molar refractivity (Wildman–Crippen MR) is 106 cm³/mol. The van der Waals surface area contributed by atoms with Gasteiger partial charge in [0.15, 0.2) is 5.11 Å². The number of non-ortho nitro benzene ring substituents is 1. The lowest BCUT2D eigenvalue weighted by atomic mass is 10.0. The smallest absolute Gasteiger partial charge is 0.304 e. The number of hydrogen-bond acceptors (Lipinski definition) is 4. The van der Waals surface area contributed by atoms with Crippen molar-refractivity contribution in [2.45, 2.75) is 32.5 Å². The predicted octanol–water partition coefficient (Wildman–Crippen LogP) is 4.84. The quantitative estimate of drug-likeness (QED) is 0.402. The zero-order valence-electron chi connectivity index (χ0n) is 15.6. The lowest BCUT2D eigenvalue weighted by molar-refractivity contribution is -0.385. The van der Waals surface area contributed by atoms with Crippen LogP contribution in [0.2, 0.25) is 0 Å². The first-order chi connectivity index (χ1) is 13.4. The van der Waals surface area contributed by atoms with Gasteiger partial charge in [0, 0.05) is 17.8 Å². The van der Waals surface area contributed by atoms with Crippen LogP contribution in [0.3, 0.4) is 0 Å². The monoisotopic (exact) mass is 423 g/mol. The van der Waals surface area contributed by atoms with Gasteiger partial charge in [-0.1, -0.05) is 17.7 Å². The number of thiocarbonyl (C=S) groups is 1. The maximum atomic E-state index is 13.6. The fraction of sp³-hybridized carbons (Fsp3) is 0.263. The summed E-state index contributed by atoms with van der Waals surface area (Å²) in [4.78, 5) is 25.4. The van der Waals surface area contributed by atoms with Gasteiger partial charge in [0.05, 0.1) is 16.2 Å². The molecule has 1 aliphatic heterocycles. The highest BCUT2D eigenvalue weighted by Crippen LogP contribution is 2.43. The van der Waals surface area contributed by atoms with Gasteiger partial charge in [-0.25, -0.2) is 0 Å². The molecule has 1 heterocycles. The molecule has 0 aromatic heterocycles. The van der Waals surface area contributed by atoms with Crippen LogP contribution in [0.4, 0.5) is 30.2 Å². The molecule has 0 saturated carbocycles. The number of halogens is 3. The van der Waals surface area contributed by atoms with E-state index >= 15 is 0 Å². The maximum Gasteiger partial charge on any atom is 0.418 e. The Morgan fingerprint density at radius 1 is 1.10 bits per heavy atom. The minimum absolute atomic E-state index is 0.136. The first kappa shape index (κ1) is 20.7. The lowest BCUT2D eigenvalue weighted by Gasteiger charge is -2.29. The summed E-state index contributed by atoms with van der Waals surface area (Å²) in [7, 11) is 0. The third-order valence-corrected chi connectivity index (χ3v) is 5.06. The fourth-order valence-corrected chi connectivity index (χ4v) is 3.71. The number of benzene rings is 2. The lowest BCUT2D eigenvalue weighted by Crippen LogP contribution is -2.44. The molecule has 0 N–H and O–H groups in total. The van der Waals surface area contributed by atoms with Crippen LogP contribution in [0.1, 0.15) is 25.0 Å². The minimum Gasteiger partial charge on any atom is -0.304 e. The van der Waals surface area contributed by atoms with E-state index in [0.29, 0.717) is 11.8 Å². The molecular formula is C19H16F3N3O3S. The van der Waals surface area contributed by atoms with E-state index in [2.05, 4.69) is 0 Å². The van der Waals surface area contributed by atoms with Gasteiger partial charge >= 0.3 is 6.18 Å². The molecule has 1 amide bonds. The number of hydrogen-bond donors (Lipinski definition) is 0. The highest BCUT2D eigenvalue weighted by molar-refractivity contribution is 7.81. The van der Waals surface area contributed by atoms with Crippen molar-refractivity contribution in [1.29, 1.82) is 0 Å². The van der Waals surface area contributed by atoms with Crippen LogP contribution >= 0.6 is 12.2 Å². The zero-order chi connectivity index (χ0) is 21.7. The fourth-order valence-electron chi connectivity index (χ4n) is 3.19. The molecule has 0 unspecified atom stereocenters. The van der Waals surface area contributed by atoms with Crippen molar-refractivity contribution in [2.75, 3.05) is 9.80 Å². The Bertz CT molecular complexity index is 1020. The van der Waals surface area contributed by atoms with Crippen molar-refractivity contribution in [3.05, 3.63) is 63.7 Å². The molecule has 0 spiro atoms. The molecule has 0 atom stereocenters. The van der Waals surface area contributed by atoms with Gasteiger partial charge in [-0.2, -0.15) is 13.2 Å². The summed E-state index contributed by atoms with van der Waals surface area (Å²) < 4.78 is 40.9. The SMILES string of the molecule is Cc1ccc(N2C(=S)N(c3ccc([N+](=O)[O-])cc3C(F)(F)F)C(=O)C2(C)C)cc1. The van der Waals surface area contributed by atoms with Crippen molar-refractivity contribution in [1.82, 2.24) is 0 Å². The second kappa shape index (κ2) is 6.80. The second-order valence-corrected chi connectivity index (χ2v) is 7.47. The summed E-state index contributed by atoms with van der Waals surface area (Å²) >= 11 is 5.38. The van der Waals surface area contributed by atoms with E-state index in [1.54, 1.807) is 38.1 Å². The Morgan fingerprint density at radius 2 is 1.69 bits per heavy atom. The van der Waals surface area contributed by atoms with E-state index in [9.17, 15) is 28.1 Å². The van der Waals surface area contributed by atoms with Crippen molar-refractivity contribution in [3.63, 3.8) is 0 Å². The van der Waals surface area contributed by atoms with Crippen LogP contribution in [-0.2, 0) is 11.0 Å². The molecule has 1 saturated heterocycles. The summed E-state index contributed by atoms with van der Waals surface area (Å²) in [6.07, 6.45) is -4.92. The normalized spacial score (nSPS) is 16.5. The third kappa shape index (κ3) is 3.44. The molecule has 2 aromatic rings. The maximum absolute atomic E-state index is 13.6. The van der Waals surface area contributed by atoms with Crippen molar-refractivity contribution >= 4 is 40.3 Å². The van der Waals surface area contributed by atoms with Crippen molar-refractivity contribution < 1.29 is 22.9 Å². The molecule has 3 rings (SSSR count). The van der Waals surface area contributed by atoms with E-state index in [0.717, 1.165) is 22.6 Å². The molecule has 0 bridgehead atoms. The van der Waals surface area contributed by atoms with Crippen molar-refractivity contribution in [2.24, 2.45) is 0 Å². The van der Waals surface area contributed by atoms with Crippen LogP contribution in [0.15, 0.2) is 42.5 Å². The molecule has 1 fully saturated rings. The van der Waals surface area contributed by atoms with Crippen LogP contribution in [0, 0.1) is 17.0 Å². The first-order valence-corrected chi connectivity index (χ1v) is 8.87. The van der Waals surface area contributed by atoms with E-state index in [-0.39, 0.29) is 5.11 Å². The van der Waals surface area contributed by atoms with E-state index in [1.165, 1.54) is 4.90 Å². The Kier molecular flexibility index (Phi) is 4.86. The summed E-state index contributed by atoms with van der Waals surface area (Å²) in [5, 5.41) is 10.8. The Morgan fingerprint density at radius 3 is 2.21 bits per heavy atom. The zero-order valence-corrected chi connectivity index (χ0v) is 16.5. The summed E-state index contributed by atoms with van der Waals surface area (Å²) in [5.74, 6) is -0.664. The average molecular weight is 423 g/mol. The summed E-state index contributed by atoms with van der Waals surface area (Å²) in [6, 6.07) is 9.28. The highest BCUT2D eigenvalue weighted by Gasteiger charge is 2.52. The summed E-state index contributed by atoms with van der Waals surface area (Å²) in [6.45, 7) is 4.99. The largest absolute Gasteiger partial charge is 0.418 e. The average Bonchev–Trinajstić information content (AvgIpc) is 2.79. The molecule has 1 aliphatic rings. The molecule has 10 heteroatoms. The Hall–Kier alpha value is -3.01. The van der Waals surface area contributed by atoms with Crippen LogP contribution in [0.25, 0.3) is 0 Å². The van der Waals surface area contributed by atoms with Crippen LogP contribution < -0.4 is 9.80 Å². The van der Waals surface area contributed by atoms with Crippen LogP contribution in [0.5, 0.6) is 0 Å². The number of nitrogens with zero attached hydrogens (tertiary/aromatic N) is 3. The summed E-state index contributed by atoms with van der Waals surface area (Å²) in [5.41, 5.74) is -2.30. The Labute approximate surface area is 169 Å². The molecule has 0 radical (unpaired) electrons. The van der Waals surface area contributed by atoms with Gasteiger partial charge in [-0.15, -0.1) is 0 Å². The number of carbonyl (C=O) groups excluding carboxylic acids is 1. The molecular weight excluding hydrogens is 407 g/mol. The molecule has 6 nitrogen and oxygen atoms in total. The standard InChI is InChI=1S/C19H16F3N3O3S/c1-11-4-6-12(7-5-11)24-17(29)23(16(26)18(24,2)3)15-9-8-13(25(27)28)10-14(15)19(20,21)22/h4-10H,1-3H3. The number of nitro benzene ring substituents is 1. The minimum atomic E-state index is -4.92. The number of amides is 1. The third-order valence-electron chi connectivity index (χ3n) is 4.70. The Balaban J connectivity index is 2.17. The van der Waals surface area contributed by atoms with Crippen molar-refractivity contribution in [3.8, 4) is 0 Å². The van der Waals surface area contributed by atoms with Gasteiger partial charge in [0.2, 0.25) is 0 Å². The van der Waals surface area contributed by atoms with Gasteiger partial charge in [-0.05, 0) is 51.2 Å². The number of carbonyl (C=O) groups is 1. The van der Waals surface area contributed by atoms with Gasteiger partial charge in [0.25, 0.3) is 11.6 Å². The van der Waals surface area contributed by atoms with E-state index < -0.39 is 39.5 Å². The molecule has 152 valence electrons. The highest BCUT2D eigenvalue weighted by atomic mass is 32.1. The first-order valence-electron chi connectivity index (χ1n) is 8.46. The van der Waals surface area contributed by atoms with E-state index in [4.69, 9.17) is 12.2 Å². The number of anilines is 2. The topological polar surface area (TPSA) is 66.7 Å². The number of nitro groups is 1. The van der Waals surface area contributed by atoms with Crippen LogP contribution in [-0.4, -0.2) is 21.5 Å². The number of aryl methyl sites for hydroxylation is 1. The molecule has 0 aliphatic carbocycles. The number of rotatable bonds is 3. The van der Waals surface area contributed by atoms with Gasteiger partial charge in [-0.3, -0.25) is 19.8 Å². The van der Waals surface area contributed by atoms with Gasteiger partial charge < -0.3 is 4.90 Å². The molecule has 29 heavy (non-hydrogen) atoms. The second-order valence-electron chi connectivity index (χ2n) is 7.11. The number of alkyl halides is 3. The van der Waals surface area contributed by atoms with Gasteiger partial charge in [0.1, 0.15) is 5.54 Å². The van der Waals surface area contributed by atoms with E-state index in [1.807, 2.05) is 6.92 Å². The molecule has 2 aromatic carbocycles.